The van der Waals surface area contributed by atoms with Crippen molar-refractivity contribution in [2.75, 3.05) is 26.2 Å². The highest BCUT2D eigenvalue weighted by Crippen LogP contribution is 2.17. The van der Waals surface area contributed by atoms with Gasteiger partial charge in [-0.3, -0.25) is 9.59 Å². The fourth-order valence-electron chi connectivity index (χ4n) is 3.06. The summed E-state index contributed by atoms with van der Waals surface area (Å²) < 4.78 is 27.0. The minimum Gasteiger partial charge on any atom is -0.362 e. The summed E-state index contributed by atoms with van der Waals surface area (Å²) in [5.74, 6) is -2.05. The zero-order chi connectivity index (χ0) is 18.1. The van der Waals surface area contributed by atoms with E-state index in [1.807, 2.05) is 13.8 Å². The number of aromatic amines is 1. The predicted molar refractivity (Wildman–Crippen MR) is 88.4 cm³/mol. The third kappa shape index (κ3) is 3.40. The van der Waals surface area contributed by atoms with E-state index in [-0.39, 0.29) is 24.6 Å². The molecule has 2 aromatic rings. The van der Waals surface area contributed by atoms with Crippen molar-refractivity contribution in [2.24, 2.45) is 0 Å². The number of nitrogens with one attached hydrogen (secondary N) is 1. The molecule has 2 amide bonds. The van der Waals surface area contributed by atoms with Crippen LogP contribution in [0.3, 0.4) is 0 Å². The maximum Gasteiger partial charge on any atom is 0.257 e. The molecule has 1 saturated heterocycles. The minimum absolute atomic E-state index is 0.0918. The molecular formula is C18H19F2N3O2. The Labute approximate surface area is 144 Å². The summed E-state index contributed by atoms with van der Waals surface area (Å²) >= 11 is 0. The summed E-state index contributed by atoms with van der Waals surface area (Å²) in [4.78, 5) is 31.2. The number of carbonyl (C=O) groups is 2. The Morgan fingerprint density at radius 1 is 0.920 bits per heavy atom. The van der Waals surface area contributed by atoms with E-state index in [0.29, 0.717) is 18.7 Å². The molecule has 0 spiro atoms. The summed E-state index contributed by atoms with van der Waals surface area (Å²) in [7, 11) is 0. The highest BCUT2D eigenvalue weighted by atomic mass is 19.1. The monoisotopic (exact) mass is 347 g/mol. The number of amides is 2. The summed E-state index contributed by atoms with van der Waals surface area (Å²) in [6.45, 7) is 4.99. The summed E-state index contributed by atoms with van der Waals surface area (Å²) in [6, 6.07) is 4.63. The lowest BCUT2D eigenvalue weighted by Gasteiger charge is -2.34. The lowest BCUT2D eigenvalue weighted by molar-refractivity contribution is 0.0532. The fourth-order valence-corrected chi connectivity index (χ4v) is 3.06. The fraction of sp³-hybridized carbons (Fsp3) is 0.333. The Balaban J connectivity index is 1.67. The Bertz CT molecular complexity index is 824. The Kier molecular flexibility index (Phi) is 4.57. The van der Waals surface area contributed by atoms with Crippen molar-refractivity contribution < 1.29 is 18.4 Å². The molecular weight excluding hydrogens is 328 g/mol. The van der Waals surface area contributed by atoms with Gasteiger partial charge in [0, 0.05) is 37.6 Å². The van der Waals surface area contributed by atoms with Crippen LogP contribution in [0.15, 0.2) is 24.3 Å². The van der Waals surface area contributed by atoms with E-state index >= 15 is 0 Å². The van der Waals surface area contributed by atoms with Gasteiger partial charge < -0.3 is 14.8 Å². The number of hydrogen-bond donors (Lipinski definition) is 1. The van der Waals surface area contributed by atoms with Gasteiger partial charge in [-0.1, -0.05) is 0 Å². The largest absolute Gasteiger partial charge is 0.362 e. The maximum absolute atomic E-state index is 13.8. The molecule has 1 aliphatic rings. The van der Waals surface area contributed by atoms with Gasteiger partial charge in [0.15, 0.2) is 0 Å². The van der Waals surface area contributed by atoms with Crippen LogP contribution in [0.4, 0.5) is 8.78 Å². The lowest BCUT2D eigenvalue weighted by atomic mass is 10.1. The van der Waals surface area contributed by atoms with E-state index in [4.69, 9.17) is 0 Å². The van der Waals surface area contributed by atoms with Crippen LogP contribution in [0, 0.1) is 25.5 Å². The zero-order valence-corrected chi connectivity index (χ0v) is 14.1. The van der Waals surface area contributed by atoms with Gasteiger partial charge in [0.2, 0.25) is 0 Å². The molecule has 0 saturated carbocycles. The van der Waals surface area contributed by atoms with Crippen LogP contribution < -0.4 is 0 Å². The molecule has 1 aromatic heterocycles. The second kappa shape index (κ2) is 6.66. The van der Waals surface area contributed by atoms with Crippen LogP contribution >= 0.6 is 0 Å². The van der Waals surface area contributed by atoms with E-state index in [2.05, 4.69) is 4.98 Å². The number of carbonyl (C=O) groups excluding carboxylic acids is 2. The van der Waals surface area contributed by atoms with Crippen LogP contribution in [-0.2, 0) is 0 Å². The van der Waals surface area contributed by atoms with E-state index in [1.165, 1.54) is 4.90 Å². The summed E-state index contributed by atoms with van der Waals surface area (Å²) in [5.41, 5.74) is 2.06. The van der Waals surface area contributed by atoms with Crippen LogP contribution in [0.2, 0.25) is 0 Å². The number of nitrogens with zero attached hydrogens (tertiary/aromatic N) is 2. The number of benzene rings is 1. The number of H-pyrrole nitrogens is 1. The van der Waals surface area contributed by atoms with E-state index in [0.717, 1.165) is 29.6 Å². The SMILES string of the molecule is Cc1cc(C(=O)N2CCN(C(=O)c3cc(F)ccc3F)CC2)c(C)[nH]1. The topological polar surface area (TPSA) is 56.4 Å². The number of rotatable bonds is 2. The molecule has 5 nitrogen and oxygen atoms in total. The molecule has 1 fully saturated rings. The molecule has 2 heterocycles. The van der Waals surface area contributed by atoms with Crippen molar-refractivity contribution in [3.05, 3.63) is 58.4 Å². The lowest BCUT2D eigenvalue weighted by Crippen LogP contribution is -2.50. The van der Waals surface area contributed by atoms with Crippen LogP contribution in [-0.4, -0.2) is 52.8 Å². The number of aromatic nitrogens is 1. The molecule has 0 atom stereocenters. The smallest absolute Gasteiger partial charge is 0.257 e. The molecule has 132 valence electrons. The van der Waals surface area contributed by atoms with E-state index in [1.54, 1.807) is 11.0 Å². The third-order valence-corrected chi connectivity index (χ3v) is 4.39. The van der Waals surface area contributed by atoms with Crippen molar-refractivity contribution in [3.8, 4) is 0 Å². The van der Waals surface area contributed by atoms with Crippen LogP contribution in [0.25, 0.3) is 0 Å². The first-order chi connectivity index (χ1) is 11.9. The van der Waals surface area contributed by atoms with Gasteiger partial charge in [0.05, 0.1) is 11.1 Å². The van der Waals surface area contributed by atoms with Crippen molar-refractivity contribution in [2.45, 2.75) is 13.8 Å². The molecule has 0 aliphatic carbocycles. The summed E-state index contributed by atoms with van der Waals surface area (Å²) in [6.07, 6.45) is 0. The molecule has 1 aliphatic heterocycles. The van der Waals surface area contributed by atoms with Crippen LogP contribution in [0.5, 0.6) is 0 Å². The average Bonchev–Trinajstić information content (AvgIpc) is 2.94. The molecule has 1 N–H and O–H groups in total. The maximum atomic E-state index is 13.8. The Morgan fingerprint density at radius 2 is 1.48 bits per heavy atom. The zero-order valence-electron chi connectivity index (χ0n) is 14.1. The first-order valence-corrected chi connectivity index (χ1v) is 8.06. The van der Waals surface area contributed by atoms with E-state index < -0.39 is 17.5 Å². The van der Waals surface area contributed by atoms with Gasteiger partial charge in [0.25, 0.3) is 11.8 Å². The molecule has 1 aromatic carbocycles. The van der Waals surface area contributed by atoms with Crippen LogP contribution in [0.1, 0.15) is 32.1 Å². The van der Waals surface area contributed by atoms with E-state index in [9.17, 15) is 18.4 Å². The number of hydrogen-bond acceptors (Lipinski definition) is 2. The van der Waals surface area contributed by atoms with Gasteiger partial charge in [-0.15, -0.1) is 0 Å². The van der Waals surface area contributed by atoms with Gasteiger partial charge in [0.1, 0.15) is 11.6 Å². The molecule has 0 unspecified atom stereocenters. The standard InChI is InChI=1S/C18H19F2N3O2/c1-11-9-14(12(2)21-11)17(24)22-5-7-23(8-6-22)18(25)15-10-13(19)3-4-16(15)20/h3-4,9-10,21H,5-8H2,1-2H3. The minimum atomic E-state index is -0.747. The molecule has 0 radical (unpaired) electrons. The molecule has 7 heteroatoms. The third-order valence-electron chi connectivity index (χ3n) is 4.39. The molecule has 0 bridgehead atoms. The quantitative estimate of drug-likeness (QED) is 0.908. The van der Waals surface area contributed by atoms with Gasteiger partial charge >= 0.3 is 0 Å². The average molecular weight is 347 g/mol. The normalized spacial score (nSPS) is 14.7. The first kappa shape index (κ1) is 17.1. The second-order valence-corrected chi connectivity index (χ2v) is 6.20. The number of piperazine rings is 1. The Hall–Kier alpha value is -2.70. The predicted octanol–water partition coefficient (Wildman–Crippen LogP) is 2.51. The summed E-state index contributed by atoms with van der Waals surface area (Å²) in [5, 5.41) is 0. The first-order valence-electron chi connectivity index (χ1n) is 8.06. The van der Waals surface area contributed by atoms with Gasteiger partial charge in [-0.2, -0.15) is 0 Å². The molecule has 3 rings (SSSR count). The van der Waals surface area contributed by atoms with Crippen molar-refractivity contribution >= 4 is 11.8 Å². The van der Waals surface area contributed by atoms with Crippen molar-refractivity contribution in [1.29, 1.82) is 0 Å². The van der Waals surface area contributed by atoms with Crippen molar-refractivity contribution in [1.82, 2.24) is 14.8 Å². The number of aryl methyl sites for hydroxylation is 2. The Morgan fingerprint density at radius 3 is 2.00 bits per heavy atom. The molecule has 25 heavy (non-hydrogen) atoms. The highest BCUT2D eigenvalue weighted by Gasteiger charge is 2.28. The van der Waals surface area contributed by atoms with Gasteiger partial charge in [-0.25, -0.2) is 8.78 Å². The van der Waals surface area contributed by atoms with Crippen molar-refractivity contribution in [3.63, 3.8) is 0 Å². The highest BCUT2D eigenvalue weighted by molar-refractivity contribution is 5.97. The number of halogens is 2. The second-order valence-electron chi connectivity index (χ2n) is 6.20. The van der Waals surface area contributed by atoms with Gasteiger partial charge in [-0.05, 0) is 38.1 Å².